The highest BCUT2D eigenvalue weighted by Crippen LogP contribution is 2.33. The third kappa shape index (κ3) is 4.72. The summed E-state index contributed by atoms with van der Waals surface area (Å²) in [6.07, 6.45) is 0.333. The van der Waals surface area contributed by atoms with Gasteiger partial charge in [0.2, 0.25) is 0 Å². The Morgan fingerprint density at radius 3 is 2.62 bits per heavy atom. The quantitative estimate of drug-likeness (QED) is 0.918. The predicted octanol–water partition coefficient (Wildman–Crippen LogP) is 2.54. The molecule has 4 nitrogen and oxygen atoms in total. The van der Waals surface area contributed by atoms with Gasteiger partial charge in [-0.25, -0.2) is 4.39 Å². The van der Waals surface area contributed by atoms with Gasteiger partial charge in [-0.1, -0.05) is 12.1 Å². The fourth-order valence-electron chi connectivity index (χ4n) is 2.52. The molecule has 0 spiro atoms. The molecule has 118 valence electrons. The van der Waals surface area contributed by atoms with Crippen molar-refractivity contribution in [2.75, 3.05) is 33.3 Å². The molecule has 0 aliphatic carbocycles. The van der Waals surface area contributed by atoms with E-state index in [2.05, 4.69) is 16.3 Å². The molecule has 0 amide bonds. The molecule has 21 heavy (non-hydrogen) atoms. The number of para-hydroxylation sites is 1. The molecule has 1 saturated heterocycles. The number of methoxy groups -OCH3 is 1. The van der Waals surface area contributed by atoms with Gasteiger partial charge in [-0.2, -0.15) is 5.26 Å². The lowest BCUT2D eigenvalue weighted by Gasteiger charge is -2.34. The van der Waals surface area contributed by atoms with Crippen LogP contribution < -0.4 is 10.1 Å². The molecule has 0 aromatic heterocycles. The smallest absolute Gasteiger partial charge is 0.165 e. The van der Waals surface area contributed by atoms with Crippen LogP contribution in [0.4, 0.5) is 4.39 Å². The van der Waals surface area contributed by atoms with Gasteiger partial charge in [0.1, 0.15) is 0 Å². The molecular weight excluding hydrogens is 316 g/mol. The minimum Gasteiger partial charge on any atom is -0.493 e. The summed E-state index contributed by atoms with van der Waals surface area (Å²) in [7, 11) is 1.46. The Balaban J connectivity index is 0.00000200. The summed E-state index contributed by atoms with van der Waals surface area (Å²) < 4.78 is 18.9. The van der Waals surface area contributed by atoms with E-state index in [9.17, 15) is 4.39 Å². The van der Waals surface area contributed by atoms with Crippen molar-refractivity contribution < 1.29 is 9.13 Å². The largest absolute Gasteiger partial charge is 0.493 e. The van der Waals surface area contributed by atoms with E-state index in [0.29, 0.717) is 6.42 Å². The van der Waals surface area contributed by atoms with Gasteiger partial charge in [0, 0.05) is 31.7 Å². The first kappa shape index (κ1) is 19.9. The molecule has 7 heteroatoms. The van der Waals surface area contributed by atoms with Crippen molar-refractivity contribution in [3.8, 4) is 11.8 Å². The zero-order chi connectivity index (χ0) is 13.7. The van der Waals surface area contributed by atoms with Crippen LogP contribution in [0.2, 0.25) is 0 Å². The second-order valence-corrected chi connectivity index (χ2v) is 4.53. The van der Waals surface area contributed by atoms with E-state index in [0.717, 1.165) is 31.7 Å². The summed E-state index contributed by atoms with van der Waals surface area (Å²) >= 11 is 0. The summed E-state index contributed by atoms with van der Waals surface area (Å²) in [5.41, 5.74) is 0.756. The minimum atomic E-state index is -0.377. The normalized spacial score (nSPS) is 16.0. The average molecular weight is 336 g/mol. The molecule has 0 saturated carbocycles. The first-order valence-electron chi connectivity index (χ1n) is 6.42. The van der Waals surface area contributed by atoms with E-state index >= 15 is 0 Å². The van der Waals surface area contributed by atoms with Gasteiger partial charge >= 0.3 is 0 Å². The van der Waals surface area contributed by atoms with Gasteiger partial charge in [-0.05, 0) is 6.07 Å². The molecule has 0 unspecified atom stereocenters. The summed E-state index contributed by atoms with van der Waals surface area (Å²) in [6.45, 7) is 3.48. The molecular formula is C14H20Cl2FN3O. The monoisotopic (exact) mass is 335 g/mol. The highest BCUT2D eigenvalue weighted by molar-refractivity contribution is 5.85. The van der Waals surface area contributed by atoms with Crippen LogP contribution in [0, 0.1) is 17.1 Å². The lowest BCUT2D eigenvalue weighted by Crippen LogP contribution is -2.45. The van der Waals surface area contributed by atoms with Gasteiger partial charge in [-0.15, -0.1) is 24.8 Å². The number of benzene rings is 1. The maximum atomic E-state index is 13.8. The molecule has 1 aromatic rings. The highest BCUT2D eigenvalue weighted by Gasteiger charge is 2.25. The average Bonchev–Trinajstić information content (AvgIpc) is 2.45. The van der Waals surface area contributed by atoms with Gasteiger partial charge in [-0.3, -0.25) is 4.90 Å². The van der Waals surface area contributed by atoms with Crippen molar-refractivity contribution in [3.05, 3.63) is 29.6 Å². The van der Waals surface area contributed by atoms with Crippen LogP contribution >= 0.6 is 24.8 Å². The van der Waals surface area contributed by atoms with Crippen molar-refractivity contribution in [3.63, 3.8) is 0 Å². The summed E-state index contributed by atoms with van der Waals surface area (Å²) in [5, 5.41) is 12.3. The minimum absolute atomic E-state index is 0. The Kier molecular flexibility index (Phi) is 9.31. The Bertz CT molecular complexity index is 476. The van der Waals surface area contributed by atoms with Crippen LogP contribution in [-0.4, -0.2) is 38.2 Å². The zero-order valence-corrected chi connectivity index (χ0v) is 13.5. The number of rotatable bonds is 4. The maximum absolute atomic E-state index is 13.8. The van der Waals surface area contributed by atoms with Gasteiger partial charge < -0.3 is 10.1 Å². The van der Waals surface area contributed by atoms with Crippen LogP contribution in [0.15, 0.2) is 18.2 Å². The predicted molar refractivity (Wildman–Crippen MR) is 84.9 cm³/mol. The van der Waals surface area contributed by atoms with E-state index in [-0.39, 0.29) is 42.4 Å². The van der Waals surface area contributed by atoms with E-state index < -0.39 is 0 Å². The van der Waals surface area contributed by atoms with Crippen molar-refractivity contribution in [1.29, 1.82) is 5.26 Å². The van der Waals surface area contributed by atoms with E-state index in [1.165, 1.54) is 13.2 Å². The SMILES string of the molecule is COc1c(F)cccc1[C@H](CC#N)N1CCNCC1.Cl.Cl. The molecule has 1 aromatic carbocycles. The first-order valence-corrected chi connectivity index (χ1v) is 6.42. The van der Waals surface area contributed by atoms with Crippen LogP contribution in [0.1, 0.15) is 18.0 Å². The maximum Gasteiger partial charge on any atom is 0.165 e. The van der Waals surface area contributed by atoms with E-state index in [1.807, 2.05) is 6.07 Å². The third-order valence-corrected chi connectivity index (χ3v) is 3.44. The van der Waals surface area contributed by atoms with E-state index in [1.54, 1.807) is 6.07 Å². The summed E-state index contributed by atoms with van der Waals surface area (Å²) in [4.78, 5) is 2.21. The number of nitriles is 1. The zero-order valence-electron chi connectivity index (χ0n) is 11.8. The Hall–Kier alpha value is -1.06. The Labute approximate surface area is 137 Å². The van der Waals surface area contributed by atoms with Crippen LogP contribution in [0.3, 0.4) is 0 Å². The van der Waals surface area contributed by atoms with Crippen molar-refractivity contribution in [2.24, 2.45) is 0 Å². The van der Waals surface area contributed by atoms with Crippen molar-refractivity contribution in [2.45, 2.75) is 12.5 Å². The second kappa shape index (κ2) is 9.80. The topological polar surface area (TPSA) is 48.3 Å². The molecule has 1 aliphatic rings. The van der Waals surface area contributed by atoms with Crippen molar-refractivity contribution >= 4 is 24.8 Å². The standard InChI is InChI=1S/C14H18FN3O.2ClH/c1-19-14-11(3-2-4-12(14)15)13(5-6-16)18-9-7-17-8-10-18;;/h2-4,13,17H,5,7-10H2,1H3;2*1H/t13-;;/m0../s1. The summed E-state index contributed by atoms with van der Waals surface area (Å²) in [6, 6.07) is 6.97. The highest BCUT2D eigenvalue weighted by atomic mass is 35.5. The number of nitrogens with zero attached hydrogens (tertiary/aromatic N) is 2. The fraction of sp³-hybridized carbons (Fsp3) is 0.500. The third-order valence-electron chi connectivity index (χ3n) is 3.44. The lowest BCUT2D eigenvalue weighted by atomic mass is 10.0. The van der Waals surface area contributed by atoms with Crippen LogP contribution in [0.5, 0.6) is 5.75 Å². The lowest BCUT2D eigenvalue weighted by molar-refractivity contribution is 0.172. The second-order valence-electron chi connectivity index (χ2n) is 4.53. The number of halogens is 3. The fourth-order valence-corrected chi connectivity index (χ4v) is 2.52. The molecule has 1 atom stereocenters. The number of hydrogen-bond acceptors (Lipinski definition) is 4. The summed E-state index contributed by atoms with van der Waals surface area (Å²) in [5.74, 6) is -0.126. The molecule has 1 N–H and O–H groups in total. The molecule has 1 aliphatic heterocycles. The van der Waals surface area contributed by atoms with Crippen molar-refractivity contribution in [1.82, 2.24) is 10.2 Å². The molecule has 0 bridgehead atoms. The molecule has 1 heterocycles. The van der Waals surface area contributed by atoms with Gasteiger partial charge in [0.25, 0.3) is 0 Å². The van der Waals surface area contributed by atoms with Crippen LogP contribution in [0.25, 0.3) is 0 Å². The van der Waals surface area contributed by atoms with Crippen LogP contribution in [-0.2, 0) is 0 Å². The van der Waals surface area contributed by atoms with E-state index in [4.69, 9.17) is 10.00 Å². The van der Waals surface area contributed by atoms with Gasteiger partial charge in [0.15, 0.2) is 11.6 Å². The number of ether oxygens (including phenoxy) is 1. The molecule has 0 radical (unpaired) electrons. The molecule has 2 rings (SSSR count). The number of nitrogens with one attached hydrogen (secondary N) is 1. The van der Waals surface area contributed by atoms with Gasteiger partial charge in [0.05, 0.1) is 25.6 Å². The number of piperazine rings is 1. The first-order chi connectivity index (χ1) is 9.27. The molecule has 1 fully saturated rings. The number of hydrogen-bond donors (Lipinski definition) is 1. The Morgan fingerprint density at radius 1 is 1.38 bits per heavy atom. The Morgan fingerprint density at radius 2 is 2.05 bits per heavy atom.